The van der Waals surface area contributed by atoms with Crippen LogP contribution in [0.3, 0.4) is 0 Å². The van der Waals surface area contributed by atoms with Crippen molar-refractivity contribution >= 4 is 17.7 Å². The molecule has 0 saturated heterocycles. The van der Waals surface area contributed by atoms with Crippen LogP contribution in [-0.4, -0.2) is 56.2 Å². The normalized spacial score (nSPS) is 12.5. The molecule has 0 saturated carbocycles. The molecule has 0 aromatic carbocycles. The van der Waals surface area contributed by atoms with Gasteiger partial charge in [-0.25, -0.2) is 0 Å². The molecular weight excluding hydrogens is 212 g/mol. The number of nitrogens with two attached hydrogens (primary N) is 1. The first kappa shape index (κ1) is 14.7. The van der Waals surface area contributed by atoms with Crippen LogP contribution in [0, 0.1) is 0 Å². The predicted molar refractivity (Wildman–Crippen MR) is 65.1 cm³/mol. The summed E-state index contributed by atoms with van der Waals surface area (Å²) in [5.74, 6) is 0.979. The van der Waals surface area contributed by atoms with Crippen molar-refractivity contribution in [1.82, 2.24) is 4.90 Å². The Hall–Kier alpha value is -0.260. The number of carbonyl (C=O) groups is 1. The Morgan fingerprint density at radius 1 is 1.60 bits per heavy atom. The molecule has 1 unspecified atom stereocenters. The second-order valence-electron chi connectivity index (χ2n) is 3.49. The molecule has 4 nitrogen and oxygen atoms in total. The largest absolute Gasteiger partial charge is 0.385 e. The van der Waals surface area contributed by atoms with E-state index in [-0.39, 0.29) is 11.9 Å². The van der Waals surface area contributed by atoms with Crippen molar-refractivity contribution < 1.29 is 9.53 Å². The topological polar surface area (TPSA) is 55.6 Å². The van der Waals surface area contributed by atoms with Gasteiger partial charge in [0.25, 0.3) is 0 Å². The number of methoxy groups -OCH3 is 1. The number of carbonyl (C=O) groups excluding carboxylic acids is 1. The van der Waals surface area contributed by atoms with Crippen LogP contribution in [0.15, 0.2) is 0 Å². The van der Waals surface area contributed by atoms with Gasteiger partial charge in [0.15, 0.2) is 0 Å². The highest BCUT2D eigenvalue weighted by atomic mass is 32.2. The van der Waals surface area contributed by atoms with Crippen molar-refractivity contribution in [3.05, 3.63) is 0 Å². The van der Waals surface area contributed by atoms with Gasteiger partial charge in [-0.15, -0.1) is 0 Å². The molecule has 1 atom stereocenters. The van der Waals surface area contributed by atoms with E-state index in [1.165, 1.54) is 0 Å². The number of hydrogen-bond acceptors (Lipinski definition) is 4. The quantitative estimate of drug-likeness (QED) is 0.624. The highest BCUT2D eigenvalue weighted by Crippen LogP contribution is 2.01. The maximum Gasteiger partial charge on any atom is 0.239 e. The summed E-state index contributed by atoms with van der Waals surface area (Å²) < 4.78 is 4.91. The van der Waals surface area contributed by atoms with Crippen LogP contribution >= 0.6 is 11.8 Å². The van der Waals surface area contributed by atoms with E-state index in [9.17, 15) is 4.79 Å². The molecule has 15 heavy (non-hydrogen) atoms. The Morgan fingerprint density at radius 3 is 2.80 bits per heavy atom. The van der Waals surface area contributed by atoms with Gasteiger partial charge in [-0.1, -0.05) is 0 Å². The zero-order valence-corrected chi connectivity index (χ0v) is 10.7. The van der Waals surface area contributed by atoms with Gasteiger partial charge in [0.1, 0.15) is 0 Å². The minimum absolute atomic E-state index is 0.0279. The van der Waals surface area contributed by atoms with Gasteiger partial charge in [-0.2, -0.15) is 11.8 Å². The maximum atomic E-state index is 11.7. The van der Waals surface area contributed by atoms with Crippen molar-refractivity contribution in [1.29, 1.82) is 0 Å². The van der Waals surface area contributed by atoms with Crippen LogP contribution in [0.1, 0.15) is 12.8 Å². The van der Waals surface area contributed by atoms with Crippen molar-refractivity contribution in [2.24, 2.45) is 5.73 Å². The van der Waals surface area contributed by atoms with Gasteiger partial charge >= 0.3 is 0 Å². The molecule has 0 rings (SSSR count). The Bertz CT molecular complexity index is 179. The highest BCUT2D eigenvalue weighted by molar-refractivity contribution is 7.98. The first-order valence-electron chi connectivity index (χ1n) is 5.12. The fourth-order valence-corrected chi connectivity index (χ4v) is 1.65. The summed E-state index contributed by atoms with van der Waals surface area (Å²) in [5, 5.41) is 0. The Labute approximate surface area is 96.5 Å². The third-order valence-corrected chi connectivity index (χ3v) is 2.78. The Balaban J connectivity index is 3.75. The highest BCUT2D eigenvalue weighted by Gasteiger charge is 2.16. The lowest BCUT2D eigenvalue weighted by molar-refractivity contribution is -0.131. The Morgan fingerprint density at radius 2 is 2.27 bits per heavy atom. The van der Waals surface area contributed by atoms with E-state index in [1.54, 1.807) is 30.8 Å². The molecular formula is C10H22N2O2S. The van der Waals surface area contributed by atoms with E-state index in [2.05, 4.69) is 0 Å². The van der Waals surface area contributed by atoms with Crippen molar-refractivity contribution in [2.75, 3.05) is 39.3 Å². The van der Waals surface area contributed by atoms with Crippen LogP contribution < -0.4 is 5.73 Å². The van der Waals surface area contributed by atoms with E-state index >= 15 is 0 Å². The van der Waals surface area contributed by atoms with Gasteiger partial charge in [0.05, 0.1) is 6.04 Å². The number of amides is 1. The van der Waals surface area contributed by atoms with Crippen molar-refractivity contribution in [3.63, 3.8) is 0 Å². The second kappa shape index (κ2) is 9.00. The van der Waals surface area contributed by atoms with Gasteiger partial charge in [-0.3, -0.25) is 4.79 Å². The third-order valence-electron chi connectivity index (χ3n) is 2.19. The molecule has 0 aliphatic rings. The monoisotopic (exact) mass is 234 g/mol. The minimum Gasteiger partial charge on any atom is -0.385 e. The first-order valence-corrected chi connectivity index (χ1v) is 6.51. The fraction of sp³-hybridized carbons (Fsp3) is 0.900. The summed E-state index contributed by atoms with van der Waals surface area (Å²) in [6.07, 6.45) is 3.55. The summed E-state index contributed by atoms with van der Waals surface area (Å²) in [6, 6.07) is -0.382. The number of thioether (sulfide) groups is 1. The smallest absolute Gasteiger partial charge is 0.239 e. The molecule has 0 aliphatic heterocycles. The molecule has 90 valence electrons. The van der Waals surface area contributed by atoms with Gasteiger partial charge in [0.2, 0.25) is 5.91 Å². The lowest BCUT2D eigenvalue weighted by Crippen LogP contribution is -2.42. The molecule has 1 amide bonds. The maximum absolute atomic E-state index is 11.7. The molecule has 0 aromatic rings. The molecule has 0 aromatic heterocycles. The Kier molecular flexibility index (Phi) is 8.85. The summed E-state index contributed by atoms with van der Waals surface area (Å²) in [6.45, 7) is 1.42. The van der Waals surface area contributed by atoms with Crippen molar-refractivity contribution in [3.8, 4) is 0 Å². The van der Waals surface area contributed by atoms with E-state index in [1.807, 2.05) is 6.26 Å². The zero-order chi connectivity index (χ0) is 11.7. The van der Waals surface area contributed by atoms with Crippen LogP contribution in [0.5, 0.6) is 0 Å². The van der Waals surface area contributed by atoms with Gasteiger partial charge in [-0.05, 0) is 19.1 Å². The van der Waals surface area contributed by atoms with E-state index in [4.69, 9.17) is 10.5 Å². The minimum atomic E-state index is -0.382. The number of nitrogens with zero attached hydrogens (tertiary/aromatic N) is 1. The molecule has 2 N–H and O–H groups in total. The molecule has 0 radical (unpaired) electrons. The number of rotatable bonds is 8. The predicted octanol–water partition coefficient (Wildman–Crippen LogP) is 0.562. The summed E-state index contributed by atoms with van der Waals surface area (Å²) in [5.41, 5.74) is 5.78. The third kappa shape index (κ3) is 6.76. The van der Waals surface area contributed by atoms with Crippen LogP contribution in [0.2, 0.25) is 0 Å². The summed E-state index contributed by atoms with van der Waals surface area (Å²) in [4.78, 5) is 13.4. The lowest BCUT2D eigenvalue weighted by atomic mass is 10.1. The zero-order valence-electron chi connectivity index (χ0n) is 9.86. The summed E-state index contributed by atoms with van der Waals surface area (Å²) in [7, 11) is 3.45. The average molecular weight is 234 g/mol. The first-order chi connectivity index (χ1) is 7.13. The molecule has 0 heterocycles. The van der Waals surface area contributed by atoms with E-state index in [0.717, 1.165) is 18.7 Å². The van der Waals surface area contributed by atoms with E-state index < -0.39 is 0 Å². The number of ether oxygens (including phenoxy) is 1. The standard InChI is InChI=1S/C10H22N2O2S/c1-12(6-8-15-3)10(13)9(11)5-4-7-14-2/h9H,4-8,11H2,1-3H3. The second-order valence-corrected chi connectivity index (χ2v) is 4.48. The van der Waals surface area contributed by atoms with Crippen LogP contribution in [-0.2, 0) is 9.53 Å². The van der Waals surface area contributed by atoms with Crippen LogP contribution in [0.4, 0.5) is 0 Å². The average Bonchev–Trinajstić information content (AvgIpc) is 2.24. The molecule has 0 bridgehead atoms. The molecule has 0 fully saturated rings. The van der Waals surface area contributed by atoms with Gasteiger partial charge < -0.3 is 15.4 Å². The molecule has 0 spiro atoms. The number of hydrogen-bond donors (Lipinski definition) is 1. The van der Waals surface area contributed by atoms with Crippen molar-refractivity contribution in [2.45, 2.75) is 18.9 Å². The molecule has 5 heteroatoms. The molecule has 0 aliphatic carbocycles. The number of likely N-dealkylation sites (N-methyl/N-ethyl adjacent to an activating group) is 1. The lowest BCUT2D eigenvalue weighted by Gasteiger charge is -2.20. The SMILES string of the molecule is COCCCC(N)C(=O)N(C)CCSC. The van der Waals surface area contributed by atoms with Gasteiger partial charge in [0, 0.05) is 33.1 Å². The summed E-state index contributed by atoms with van der Waals surface area (Å²) >= 11 is 1.73. The fourth-order valence-electron chi connectivity index (χ4n) is 1.19. The van der Waals surface area contributed by atoms with E-state index in [0.29, 0.717) is 13.0 Å². The van der Waals surface area contributed by atoms with Crippen LogP contribution in [0.25, 0.3) is 0 Å².